The molecule has 9 heteroatoms. The number of phenols is 2. The van der Waals surface area contributed by atoms with Crippen LogP contribution in [0.3, 0.4) is 0 Å². The van der Waals surface area contributed by atoms with Crippen LogP contribution < -0.4 is 19.9 Å². The smallest absolute Gasteiger partial charge is 0.526 e. The lowest BCUT2D eigenvalue weighted by atomic mass is 10.2. The Morgan fingerprint density at radius 3 is 1.60 bits per heavy atom. The number of benzene rings is 2. The molecule has 2 aromatic rings. The van der Waals surface area contributed by atoms with E-state index in [-0.39, 0.29) is 42.5 Å². The molecule has 25 heavy (non-hydrogen) atoms. The summed E-state index contributed by atoms with van der Waals surface area (Å²) in [6.45, 7) is 2.72. The van der Waals surface area contributed by atoms with Crippen molar-refractivity contribution in [2.75, 3.05) is 10.6 Å². The summed E-state index contributed by atoms with van der Waals surface area (Å²) in [6.07, 6.45) is 0. The molecule has 2 aromatic carbocycles. The minimum atomic E-state index is -0.311. The van der Waals surface area contributed by atoms with Gasteiger partial charge in [0.05, 0.1) is 0 Å². The molecule has 0 aromatic heterocycles. The number of amides is 2. The highest BCUT2D eigenvalue weighted by atomic mass is 16.6. The summed E-state index contributed by atoms with van der Waals surface area (Å²) in [5.74, 6) is -0.574. The van der Waals surface area contributed by atoms with Gasteiger partial charge in [-0.15, -0.1) is 0 Å². The minimum Gasteiger partial charge on any atom is -0.526 e. The Labute approximate surface area is 144 Å². The molecule has 0 aliphatic heterocycles. The lowest BCUT2D eigenvalue weighted by Gasteiger charge is -2.12. The highest BCUT2D eigenvalue weighted by molar-refractivity contribution is 6.21. The zero-order valence-electron chi connectivity index (χ0n) is 13.7. The van der Waals surface area contributed by atoms with Gasteiger partial charge in [-0.1, -0.05) is 0 Å². The number of carbonyl (C=O) groups is 2. The van der Waals surface area contributed by atoms with E-state index < -0.39 is 0 Å². The van der Waals surface area contributed by atoms with Gasteiger partial charge in [0.2, 0.25) is 11.8 Å². The van der Waals surface area contributed by atoms with Gasteiger partial charge >= 0.3 is 7.69 Å². The molecular weight excluding hydrogens is 327 g/mol. The Hall–Kier alpha value is -3.36. The third-order valence-corrected chi connectivity index (χ3v) is 2.99. The molecule has 0 saturated carbocycles. The summed E-state index contributed by atoms with van der Waals surface area (Å²) in [5, 5.41) is 24.7. The third-order valence-electron chi connectivity index (χ3n) is 2.99. The van der Waals surface area contributed by atoms with Gasteiger partial charge < -0.3 is 30.2 Å². The quantitative estimate of drug-likeness (QED) is 0.468. The van der Waals surface area contributed by atoms with Crippen LogP contribution >= 0.6 is 0 Å². The van der Waals surface area contributed by atoms with Crippen LogP contribution in [0.2, 0.25) is 0 Å². The van der Waals surface area contributed by atoms with E-state index in [0.29, 0.717) is 11.4 Å². The molecule has 0 atom stereocenters. The van der Waals surface area contributed by atoms with Gasteiger partial charge in [-0.25, -0.2) is 0 Å². The second-order valence-electron chi connectivity index (χ2n) is 5.13. The lowest BCUT2D eigenvalue weighted by molar-refractivity contribution is -0.115. The second-order valence-corrected chi connectivity index (χ2v) is 5.13. The van der Waals surface area contributed by atoms with Crippen LogP contribution in [0.1, 0.15) is 13.8 Å². The van der Waals surface area contributed by atoms with Crippen molar-refractivity contribution in [3.8, 4) is 23.0 Å². The highest BCUT2D eigenvalue weighted by Gasteiger charge is 2.10. The van der Waals surface area contributed by atoms with Crippen molar-refractivity contribution in [2.45, 2.75) is 13.8 Å². The van der Waals surface area contributed by atoms with Crippen molar-refractivity contribution in [3.05, 3.63) is 36.4 Å². The Morgan fingerprint density at radius 1 is 0.840 bits per heavy atom. The molecule has 0 fully saturated rings. The zero-order valence-corrected chi connectivity index (χ0v) is 13.7. The average Bonchev–Trinajstić information content (AvgIpc) is 2.52. The summed E-state index contributed by atoms with van der Waals surface area (Å²) < 4.78 is 10.6. The molecule has 0 unspecified atom stereocenters. The summed E-state index contributed by atoms with van der Waals surface area (Å²) >= 11 is 0. The fourth-order valence-corrected chi connectivity index (χ4v) is 1.98. The van der Waals surface area contributed by atoms with E-state index >= 15 is 0 Å². The van der Waals surface area contributed by atoms with Gasteiger partial charge in [-0.05, 0) is 24.3 Å². The van der Waals surface area contributed by atoms with Crippen LogP contribution in [0.25, 0.3) is 0 Å². The number of carbonyl (C=O) groups excluding carboxylic acids is 2. The van der Waals surface area contributed by atoms with Gasteiger partial charge in [-0.3, -0.25) is 9.59 Å². The summed E-state index contributed by atoms with van der Waals surface area (Å²) in [7, 11) is -0.311. The SMILES string of the molecule is CC(=O)Nc1ccc(O)c(OBOc2cc(NC(C)=O)ccc2O)c1. The summed E-state index contributed by atoms with van der Waals surface area (Å²) in [4.78, 5) is 22.1. The summed E-state index contributed by atoms with van der Waals surface area (Å²) in [5.41, 5.74) is 0.909. The first kappa shape index (κ1) is 18.0. The van der Waals surface area contributed by atoms with Gasteiger partial charge in [0.15, 0.2) is 11.5 Å². The van der Waals surface area contributed by atoms with Crippen molar-refractivity contribution >= 4 is 30.9 Å². The van der Waals surface area contributed by atoms with E-state index in [2.05, 4.69) is 10.6 Å². The maximum absolute atomic E-state index is 11.1. The fourth-order valence-electron chi connectivity index (χ4n) is 1.98. The molecule has 0 spiro atoms. The van der Waals surface area contributed by atoms with Crippen molar-refractivity contribution in [2.24, 2.45) is 0 Å². The van der Waals surface area contributed by atoms with E-state index in [9.17, 15) is 19.8 Å². The number of phenolic OH excluding ortho intramolecular Hbond substituents is 2. The molecule has 4 N–H and O–H groups in total. The van der Waals surface area contributed by atoms with Crippen LogP contribution in [-0.4, -0.2) is 29.7 Å². The second kappa shape index (κ2) is 7.96. The number of aromatic hydroxyl groups is 2. The normalized spacial score (nSPS) is 9.84. The fraction of sp³-hybridized carbons (Fsp3) is 0.125. The van der Waals surface area contributed by atoms with Gasteiger partial charge in [-0.2, -0.15) is 0 Å². The van der Waals surface area contributed by atoms with Gasteiger partial charge in [0.1, 0.15) is 11.5 Å². The first-order chi connectivity index (χ1) is 11.8. The predicted octanol–water partition coefficient (Wildman–Crippen LogP) is 1.74. The number of hydrogen-bond acceptors (Lipinski definition) is 6. The van der Waals surface area contributed by atoms with Crippen molar-refractivity contribution in [1.82, 2.24) is 0 Å². The molecule has 0 heterocycles. The molecule has 0 aliphatic rings. The monoisotopic (exact) mass is 344 g/mol. The first-order valence-corrected chi connectivity index (χ1v) is 7.32. The van der Waals surface area contributed by atoms with E-state index in [0.717, 1.165) is 0 Å². The minimum absolute atomic E-state index is 0.101. The largest absolute Gasteiger partial charge is 0.576 e. The number of rotatable bonds is 6. The Morgan fingerprint density at radius 2 is 1.24 bits per heavy atom. The van der Waals surface area contributed by atoms with Gasteiger partial charge in [0.25, 0.3) is 0 Å². The molecule has 2 rings (SSSR count). The maximum atomic E-state index is 11.1. The van der Waals surface area contributed by atoms with Crippen molar-refractivity contribution in [3.63, 3.8) is 0 Å². The lowest BCUT2D eigenvalue weighted by Crippen LogP contribution is -2.12. The predicted molar refractivity (Wildman–Crippen MR) is 93.2 cm³/mol. The van der Waals surface area contributed by atoms with Crippen LogP contribution in [-0.2, 0) is 9.59 Å². The molecule has 0 bridgehead atoms. The molecule has 8 nitrogen and oxygen atoms in total. The third kappa shape index (κ3) is 5.34. The number of hydrogen-bond donors (Lipinski definition) is 4. The van der Waals surface area contributed by atoms with Crippen LogP contribution in [0.4, 0.5) is 11.4 Å². The molecule has 0 saturated heterocycles. The Bertz CT molecular complexity index is 731. The standard InChI is InChI=1S/C16H17BN2O6/c1-9(20)18-11-3-5-13(22)15(7-11)24-17-25-16-8-12(19-10(2)21)4-6-14(16)23/h3-8,17,22-23H,1-2H3,(H,18,20)(H,19,21). The average molecular weight is 344 g/mol. The van der Waals surface area contributed by atoms with E-state index in [1.807, 2.05) is 0 Å². The van der Waals surface area contributed by atoms with E-state index in [4.69, 9.17) is 9.31 Å². The van der Waals surface area contributed by atoms with Gasteiger partial charge in [0, 0.05) is 37.4 Å². The van der Waals surface area contributed by atoms with Crippen molar-refractivity contribution < 1.29 is 29.1 Å². The topological polar surface area (TPSA) is 117 Å². The van der Waals surface area contributed by atoms with Crippen LogP contribution in [0.5, 0.6) is 23.0 Å². The molecular formula is C16H17BN2O6. The first-order valence-electron chi connectivity index (χ1n) is 7.32. The maximum Gasteiger partial charge on any atom is 0.576 e. The molecule has 2 amide bonds. The van der Waals surface area contributed by atoms with E-state index in [1.165, 1.54) is 50.2 Å². The van der Waals surface area contributed by atoms with Crippen molar-refractivity contribution in [1.29, 1.82) is 0 Å². The molecule has 130 valence electrons. The highest BCUT2D eigenvalue weighted by Crippen LogP contribution is 2.31. The molecule has 0 radical (unpaired) electrons. The Balaban J connectivity index is 2.03. The summed E-state index contributed by atoms with van der Waals surface area (Å²) in [6, 6.07) is 8.66. The van der Waals surface area contributed by atoms with Crippen LogP contribution in [0.15, 0.2) is 36.4 Å². The van der Waals surface area contributed by atoms with E-state index in [1.54, 1.807) is 0 Å². The number of nitrogens with one attached hydrogen (secondary N) is 2. The van der Waals surface area contributed by atoms with Crippen LogP contribution in [0, 0.1) is 0 Å². The molecule has 0 aliphatic carbocycles. The zero-order chi connectivity index (χ0) is 18.4. The number of anilines is 2. The Kier molecular flexibility index (Phi) is 5.73.